The van der Waals surface area contributed by atoms with Gasteiger partial charge in [-0.1, -0.05) is 12.8 Å². The molecular weight excluding hydrogens is 440 g/mol. The summed E-state index contributed by atoms with van der Waals surface area (Å²) >= 11 is 0. The highest BCUT2D eigenvalue weighted by Crippen LogP contribution is 2.37. The fraction of sp³-hybridized carbons (Fsp3) is 0.625. The Morgan fingerprint density at radius 3 is 2.27 bits per heavy atom. The molecule has 9 heteroatoms. The smallest absolute Gasteiger partial charge is 0.226 e. The van der Waals surface area contributed by atoms with Crippen molar-refractivity contribution in [3.63, 3.8) is 0 Å². The van der Waals surface area contributed by atoms with Gasteiger partial charge in [-0.25, -0.2) is 8.42 Å². The van der Waals surface area contributed by atoms with Gasteiger partial charge in [0, 0.05) is 50.0 Å². The lowest BCUT2D eigenvalue weighted by atomic mass is 9.77. The highest BCUT2D eigenvalue weighted by atomic mass is 32.2. The Morgan fingerprint density at radius 1 is 1.00 bits per heavy atom. The zero-order valence-corrected chi connectivity index (χ0v) is 19.9. The van der Waals surface area contributed by atoms with Crippen LogP contribution in [0.3, 0.4) is 0 Å². The summed E-state index contributed by atoms with van der Waals surface area (Å²) in [4.78, 5) is 30.8. The van der Waals surface area contributed by atoms with E-state index in [0.29, 0.717) is 50.2 Å². The largest absolute Gasteiger partial charge is 0.370 e. The van der Waals surface area contributed by atoms with Crippen molar-refractivity contribution in [3.8, 4) is 6.07 Å². The average Bonchev–Trinajstić information content (AvgIpc) is 3.62. The molecule has 1 saturated heterocycles. The fourth-order valence-corrected chi connectivity index (χ4v) is 5.62. The van der Waals surface area contributed by atoms with Crippen molar-refractivity contribution in [2.45, 2.75) is 55.4 Å². The van der Waals surface area contributed by atoms with E-state index in [-0.39, 0.29) is 23.7 Å². The molecule has 2 atom stereocenters. The Morgan fingerprint density at radius 2 is 1.67 bits per heavy atom. The number of amides is 2. The summed E-state index contributed by atoms with van der Waals surface area (Å²) in [6.07, 6.45) is 6.65. The third-order valence-electron chi connectivity index (χ3n) is 7.18. The maximum atomic E-state index is 13.5. The molecule has 0 unspecified atom stereocenters. The number of hydrogen-bond donors (Lipinski definition) is 1. The van der Waals surface area contributed by atoms with Crippen LogP contribution in [-0.4, -0.2) is 63.1 Å². The van der Waals surface area contributed by atoms with Crippen LogP contribution in [0.15, 0.2) is 29.2 Å². The van der Waals surface area contributed by atoms with Gasteiger partial charge in [-0.3, -0.25) is 9.59 Å². The summed E-state index contributed by atoms with van der Waals surface area (Å²) in [6.45, 7) is 2.65. The quantitative estimate of drug-likeness (QED) is 0.703. The number of carbonyl (C=O) groups is 2. The molecule has 0 spiro atoms. The van der Waals surface area contributed by atoms with Gasteiger partial charge in [0.1, 0.15) is 5.54 Å². The molecule has 1 N–H and O–H groups in total. The summed E-state index contributed by atoms with van der Waals surface area (Å²) in [5.74, 6) is -0.783. The normalized spacial score (nSPS) is 25.0. The molecule has 8 nitrogen and oxygen atoms in total. The fourth-order valence-electron chi connectivity index (χ4n) is 4.99. The van der Waals surface area contributed by atoms with Crippen molar-refractivity contribution < 1.29 is 18.0 Å². The van der Waals surface area contributed by atoms with E-state index in [1.807, 2.05) is 17.0 Å². The van der Waals surface area contributed by atoms with Crippen LogP contribution in [-0.2, 0) is 19.4 Å². The molecule has 4 rings (SSSR count). The summed E-state index contributed by atoms with van der Waals surface area (Å²) in [7, 11) is -3.23. The van der Waals surface area contributed by atoms with E-state index in [1.54, 1.807) is 12.1 Å². The standard InChI is InChI=1S/C24H32N4O4S/c1-33(31,32)19-9-7-18(8-10-19)27-13-4-14-28(16-15-27)23(30)21-6-3-2-5-20(21)22(29)26-24(17-25)11-12-24/h7-10,20-21H,2-6,11-16H2,1H3,(H,26,29)/t20-,21-/m1/s1. The van der Waals surface area contributed by atoms with Gasteiger partial charge in [-0.2, -0.15) is 5.26 Å². The van der Waals surface area contributed by atoms with Gasteiger partial charge in [-0.05, 0) is 56.4 Å². The van der Waals surface area contributed by atoms with Crippen molar-refractivity contribution in [2.75, 3.05) is 37.3 Å². The second-order valence-electron chi connectivity index (χ2n) is 9.61. The third kappa shape index (κ3) is 5.32. The first-order chi connectivity index (χ1) is 15.7. The Kier molecular flexibility index (Phi) is 6.66. The molecule has 0 aromatic heterocycles. The van der Waals surface area contributed by atoms with Crippen LogP contribution in [0.2, 0.25) is 0 Å². The van der Waals surface area contributed by atoms with Crippen LogP contribution in [0, 0.1) is 23.2 Å². The molecule has 1 aromatic carbocycles. The van der Waals surface area contributed by atoms with E-state index in [4.69, 9.17) is 0 Å². The van der Waals surface area contributed by atoms with Crippen LogP contribution >= 0.6 is 0 Å². The zero-order chi connectivity index (χ0) is 23.6. The molecule has 1 aromatic rings. The second kappa shape index (κ2) is 9.34. The molecule has 2 aliphatic carbocycles. The SMILES string of the molecule is CS(=O)(=O)c1ccc(N2CCCN(C(=O)[C@@H]3CCCC[C@H]3C(=O)NC3(C#N)CC3)CC2)cc1. The number of nitrogens with one attached hydrogen (secondary N) is 1. The number of hydrogen-bond acceptors (Lipinski definition) is 6. The molecule has 33 heavy (non-hydrogen) atoms. The maximum absolute atomic E-state index is 13.5. The molecule has 1 heterocycles. The lowest BCUT2D eigenvalue weighted by Gasteiger charge is -2.34. The topological polar surface area (TPSA) is 111 Å². The first kappa shape index (κ1) is 23.6. The number of nitrogens with zero attached hydrogens (tertiary/aromatic N) is 3. The minimum atomic E-state index is -3.23. The van der Waals surface area contributed by atoms with Crippen molar-refractivity contribution >= 4 is 27.3 Å². The Labute approximate surface area is 195 Å². The van der Waals surface area contributed by atoms with Gasteiger partial charge in [0.05, 0.1) is 11.0 Å². The number of benzene rings is 1. The van der Waals surface area contributed by atoms with Gasteiger partial charge in [-0.15, -0.1) is 0 Å². The minimum absolute atomic E-state index is 0.0472. The highest BCUT2D eigenvalue weighted by Gasteiger charge is 2.47. The lowest BCUT2D eigenvalue weighted by Crippen LogP contribution is -2.48. The number of anilines is 1. The number of carbonyl (C=O) groups excluding carboxylic acids is 2. The first-order valence-corrected chi connectivity index (χ1v) is 13.7. The van der Waals surface area contributed by atoms with Crippen LogP contribution in [0.4, 0.5) is 5.69 Å². The molecule has 1 aliphatic heterocycles. The Bertz CT molecular complexity index is 1040. The van der Waals surface area contributed by atoms with Crippen molar-refractivity contribution in [2.24, 2.45) is 11.8 Å². The summed E-state index contributed by atoms with van der Waals surface area (Å²) in [5.41, 5.74) is 0.232. The molecule has 0 radical (unpaired) electrons. The van der Waals surface area contributed by atoms with Crippen molar-refractivity contribution in [1.82, 2.24) is 10.2 Å². The second-order valence-corrected chi connectivity index (χ2v) is 11.6. The minimum Gasteiger partial charge on any atom is -0.370 e. The molecule has 3 fully saturated rings. The van der Waals surface area contributed by atoms with Crippen molar-refractivity contribution in [3.05, 3.63) is 24.3 Å². The monoisotopic (exact) mass is 472 g/mol. The van der Waals surface area contributed by atoms with Crippen LogP contribution in [0.1, 0.15) is 44.9 Å². The van der Waals surface area contributed by atoms with E-state index < -0.39 is 15.4 Å². The molecule has 2 amide bonds. The van der Waals surface area contributed by atoms with Gasteiger partial charge in [0.25, 0.3) is 0 Å². The predicted molar refractivity (Wildman–Crippen MR) is 124 cm³/mol. The Hall–Kier alpha value is -2.60. The number of sulfone groups is 1. The van der Waals surface area contributed by atoms with E-state index in [2.05, 4.69) is 16.3 Å². The van der Waals surface area contributed by atoms with E-state index in [9.17, 15) is 23.3 Å². The predicted octanol–water partition coefficient (Wildman–Crippen LogP) is 2.11. The molecule has 178 valence electrons. The van der Waals surface area contributed by atoms with Crippen LogP contribution in [0.5, 0.6) is 0 Å². The first-order valence-electron chi connectivity index (χ1n) is 11.8. The molecule has 2 saturated carbocycles. The van der Waals surface area contributed by atoms with Gasteiger partial charge >= 0.3 is 0 Å². The molecular formula is C24H32N4O4S. The van der Waals surface area contributed by atoms with Gasteiger partial charge < -0.3 is 15.1 Å². The third-order valence-corrected chi connectivity index (χ3v) is 8.31. The molecule has 0 bridgehead atoms. The lowest BCUT2D eigenvalue weighted by molar-refractivity contribution is -0.143. The summed E-state index contributed by atoms with van der Waals surface area (Å²) < 4.78 is 23.4. The zero-order valence-electron chi connectivity index (χ0n) is 19.1. The van der Waals surface area contributed by atoms with Gasteiger partial charge in [0.2, 0.25) is 11.8 Å². The van der Waals surface area contributed by atoms with E-state index >= 15 is 0 Å². The highest BCUT2D eigenvalue weighted by molar-refractivity contribution is 7.90. The molecule has 3 aliphatic rings. The summed E-state index contributed by atoms with van der Waals surface area (Å²) in [5, 5.41) is 12.2. The Balaban J connectivity index is 1.40. The average molecular weight is 473 g/mol. The van der Waals surface area contributed by atoms with Gasteiger partial charge in [0.15, 0.2) is 9.84 Å². The van der Waals surface area contributed by atoms with Crippen molar-refractivity contribution in [1.29, 1.82) is 5.26 Å². The van der Waals surface area contributed by atoms with Crippen LogP contribution in [0.25, 0.3) is 0 Å². The van der Waals surface area contributed by atoms with E-state index in [1.165, 1.54) is 6.26 Å². The van der Waals surface area contributed by atoms with E-state index in [0.717, 1.165) is 31.5 Å². The van der Waals surface area contributed by atoms with Crippen LogP contribution < -0.4 is 10.2 Å². The number of nitriles is 1. The number of rotatable bonds is 5. The summed E-state index contributed by atoms with van der Waals surface area (Å²) in [6, 6.07) is 9.08. The maximum Gasteiger partial charge on any atom is 0.226 e.